The van der Waals surface area contributed by atoms with Crippen LogP contribution in [0.5, 0.6) is 0 Å². The molecule has 6 N–H and O–H groups in total. The van der Waals surface area contributed by atoms with Gasteiger partial charge in [0.25, 0.3) is 5.91 Å². The number of aromatic nitrogens is 2. The summed E-state index contributed by atoms with van der Waals surface area (Å²) in [6.07, 6.45) is 0.809. The maximum Gasteiger partial charge on any atom is 2.00 e. The number of carboxylic acid groups (broad SMARTS) is 2. The number of aliphatic carboxylic acids is 2. The molecule has 2 aromatic rings. The normalized spacial score (nSPS) is 11.8. The van der Waals surface area contributed by atoms with Gasteiger partial charge in [-0.2, -0.15) is 0 Å². The zero-order chi connectivity index (χ0) is 25.5. The molecular formula is C22H23Ba2N7O6. The molecule has 15 heteroatoms. The number of carboxylic acids is 2. The molecule has 0 saturated carbocycles. The first-order chi connectivity index (χ1) is 16.7. The topological polar surface area (TPSA) is 207 Å². The number of H-pyrrole nitrogens is 1. The van der Waals surface area contributed by atoms with Crippen LogP contribution in [0.25, 0.3) is 10.6 Å². The molecule has 0 bridgehead atoms. The van der Waals surface area contributed by atoms with Gasteiger partial charge in [-0.3, -0.25) is 19.3 Å². The van der Waals surface area contributed by atoms with Crippen LogP contribution in [0.3, 0.4) is 0 Å². The Balaban J connectivity index is 0. The van der Waals surface area contributed by atoms with E-state index in [0.29, 0.717) is 11.4 Å². The number of anilines is 2. The summed E-state index contributed by atoms with van der Waals surface area (Å²) < 4.78 is 0. The number of hydrogen-bond acceptors (Lipinski definition) is 7. The molecule has 1 aromatic carbocycles. The largest absolute Gasteiger partial charge is 2.00 e. The van der Waals surface area contributed by atoms with Crippen molar-refractivity contribution in [3.63, 3.8) is 0 Å². The van der Waals surface area contributed by atoms with E-state index in [-0.39, 0.29) is 137 Å². The minimum absolute atomic E-state index is 0. The molecule has 186 valence electrons. The van der Waals surface area contributed by atoms with Crippen molar-refractivity contribution in [2.75, 3.05) is 17.2 Å². The molecule has 3 rings (SSSR count). The van der Waals surface area contributed by atoms with Gasteiger partial charge < -0.3 is 44.7 Å². The first-order valence-corrected chi connectivity index (χ1v) is 10.2. The van der Waals surface area contributed by atoms with Gasteiger partial charge in [-0.25, -0.2) is 4.79 Å². The van der Waals surface area contributed by atoms with E-state index < -0.39 is 35.9 Å². The SMILES string of the molecule is CC#CN(CC1=C[N-]c2nc(N)[nH]c(=O)c2[N-]1)c1ccc(C(=O)N[C@@H](CCC(=O)O)C(=O)O)cc1.[Ba+2].[Ba+2].[H-].[H-]. The summed E-state index contributed by atoms with van der Waals surface area (Å²) in [6, 6.07) is 7.74. The molecule has 1 atom stereocenters. The van der Waals surface area contributed by atoms with Gasteiger partial charge in [0.05, 0.1) is 5.95 Å². The second-order valence-corrected chi connectivity index (χ2v) is 7.28. The van der Waals surface area contributed by atoms with Gasteiger partial charge >= 0.3 is 110 Å². The van der Waals surface area contributed by atoms with E-state index in [9.17, 15) is 24.3 Å². The minimum atomic E-state index is -1.33. The number of aromatic amines is 1. The van der Waals surface area contributed by atoms with Gasteiger partial charge in [0.1, 0.15) is 6.04 Å². The van der Waals surface area contributed by atoms with Crippen LogP contribution in [0.2, 0.25) is 0 Å². The van der Waals surface area contributed by atoms with Crippen LogP contribution in [0.15, 0.2) is 41.0 Å². The molecule has 1 aliphatic heterocycles. The van der Waals surface area contributed by atoms with Gasteiger partial charge in [0, 0.05) is 30.3 Å². The molecule has 1 aliphatic rings. The maximum absolute atomic E-state index is 12.5. The zero-order valence-corrected chi connectivity index (χ0v) is 28.8. The van der Waals surface area contributed by atoms with E-state index in [2.05, 4.69) is 37.9 Å². The Kier molecular flexibility index (Phi) is 13.9. The predicted molar refractivity (Wildman–Crippen MR) is 140 cm³/mol. The van der Waals surface area contributed by atoms with E-state index in [4.69, 9.17) is 10.8 Å². The van der Waals surface area contributed by atoms with Crippen molar-refractivity contribution in [2.45, 2.75) is 25.8 Å². The van der Waals surface area contributed by atoms with Crippen molar-refractivity contribution in [3.05, 3.63) is 62.7 Å². The van der Waals surface area contributed by atoms with Crippen molar-refractivity contribution >= 4 is 139 Å². The fraction of sp³-hybridized carbons (Fsp3) is 0.227. The number of carbonyl (C=O) groups is 3. The molecule has 0 aliphatic carbocycles. The first-order valence-electron chi connectivity index (χ1n) is 10.2. The summed E-state index contributed by atoms with van der Waals surface area (Å²) in [6.45, 7) is 1.80. The average Bonchev–Trinajstić information content (AvgIpc) is 2.81. The van der Waals surface area contributed by atoms with Crippen molar-refractivity contribution in [1.29, 1.82) is 0 Å². The van der Waals surface area contributed by atoms with Crippen molar-refractivity contribution in [3.8, 4) is 12.0 Å². The number of nitrogens with one attached hydrogen (secondary N) is 2. The molecule has 0 spiro atoms. The monoisotopic (exact) mass is 757 g/mol. The average molecular weight is 756 g/mol. The van der Waals surface area contributed by atoms with Crippen LogP contribution in [-0.2, 0) is 9.59 Å². The number of hydrogen-bond donors (Lipinski definition) is 5. The quantitative estimate of drug-likeness (QED) is 0.142. The molecule has 0 saturated heterocycles. The molecule has 13 nitrogen and oxygen atoms in total. The van der Waals surface area contributed by atoms with Crippen LogP contribution in [0.1, 0.15) is 33.0 Å². The summed E-state index contributed by atoms with van der Waals surface area (Å²) in [5, 5.41) is 28.7. The molecule has 1 amide bonds. The molecule has 0 unspecified atom stereocenters. The van der Waals surface area contributed by atoms with Crippen LogP contribution in [-0.4, -0.2) is 148 Å². The number of amides is 1. The number of fused-ring (bicyclic) bond motifs is 1. The fourth-order valence-electron chi connectivity index (χ4n) is 3.10. The molecule has 0 radical (unpaired) electrons. The third-order valence-corrected chi connectivity index (χ3v) is 4.74. The maximum atomic E-state index is 12.5. The Morgan fingerprint density at radius 3 is 2.51 bits per heavy atom. The Labute approximate surface area is 295 Å². The second kappa shape index (κ2) is 15.5. The summed E-state index contributed by atoms with van der Waals surface area (Å²) in [4.78, 5) is 54.5. The van der Waals surface area contributed by atoms with Crippen molar-refractivity contribution in [2.24, 2.45) is 0 Å². The number of nitrogens with zero attached hydrogens (tertiary/aromatic N) is 4. The van der Waals surface area contributed by atoms with E-state index in [0.717, 1.165) is 0 Å². The third kappa shape index (κ3) is 9.44. The van der Waals surface area contributed by atoms with E-state index in [1.807, 2.05) is 0 Å². The Morgan fingerprint density at radius 2 is 1.92 bits per heavy atom. The van der Waals surface area contributed by atoms with Gasteiger partial charge in [-0.15, -0.1) is 5.70 Å². The minimum Gasteiger partial charge on any atom is -1.00 e. The first kappa shape index (κ1) is 33.2. The van der Waals surface area contributed by atoms with E-state index >= 15 is 0 Å². The molecule has 37 heavy (non-hydrogen) atoms. The number of benzene rings is 1. The Morgan fingerprint density at radius 1 is 1.24 bits per heavy atom. The van der Waals surface area contributed by atoms with Crippen LogP contribution < -0.4 is 21.5 Å². The fourth-order valence-corrected chi connectivity index (χ4v) is 3.10. The summed E-state index contributed by atoms with van der Waals surface area (Å²) >= 11 is 0. The second-order valence-electron chi connectivity index (χ2n) is 7.28. The van der Waals surface area contributed by atoms with Crippen molar-refractivity contribution < 1.29 is 27.4 Å². The number of carbonyl (C=O) groups excluding carboxylic acids is 1. The van der Waals surface area contributed by atoms with E-state index in [1.165, 1.54) is 18.3 Å². The summed E-state index contributed by atoms with van der Waals surface area (Å²) in [5.41, 5.74) is 6.24. The zero-order valence-electron chi connectivity index (χ0n) is 21.9. The summed E-state index contributed by atoms with van der Waals surface area (Å²) in [5.74, 6) is -0.316. The smallest absolute Gasteiger partial charge is 1.00 e. The molecule has 1 aromatic heterocycles. The number of nitrogens with two attached hydrogens (primary N) is 1. The molecule has 2 heterocycles. The number of nitrogen functional groups attached to an aromatic ring is 1. The van der Waals surface area contributed by atoms with Crippen molar-refractivity contribution in [1.82, 2.24) is 15.3 Å². The molecular weight excluding hydrogens is 733 g/mol. The predicted octanol–water partition coefficient (Wildman–Crippen LogP) is 1.22. The Hall–Kier alpha value is -1.85. The van der Waals surface area contributed by atoms with Gasteiger partial charge in [-0.1, -0.05) is 23.6 Å². The Bertz CT molecular complexity index is 1310. The van der Waals surface area contributed by atoms with Crippen LogP contribution >= 0.6 is 0 Å². The van der Waals surface area contributed by atoms with Gasteiger partial charge in [-0.05, 0) is 37.6 Å². The van der Waals surface area contributed by atoms with E-state index in [1.54, 1.807) is 24.0 Å². The molecule has 0 fully saturated rings. The summed E-state index contributed by atoms with van der Waals surface area (Å²) in [7, 11) is 0. The van der Waals surface area contributed by atoms with Crippen LogP contribution in [0.4, 0.5) is 23.1 Å². The third-order valence-electron chi connectivity index (χ3n) is 4.74. The number of rotatable bonds is 9. The van der Waals surface area contributed by atoms with Gasteiger partial charge in [0.2, 0.25) is 5.56 Å². The van der Waals surface area contributed by atoms with Crippen LogP contribution in [0, 0.1) is 12.0 Å². The standard InChI is InChI=1S/C22H22N7O6.2Ba.2H/c1-2-9-29(11-13-10-24-18-17(25-13)20(33)28-22(23)27-18)14-5-3-12(4-6-14)19(32)26-15(21(34)35)7-8-16(30)31;;;;/h3-6,10,15H,7-8,11H2,1H3,(H7,23,24,26,27,28,30,31,32,33,34,35);;;;/q-1;2*+2;2*-1/p-1/t15-;;;;/m0..../s1. The van der Waals surface area contributed by atoms with Gasteiger partial charge in [0.15, 0.2) is 0 Å².